The van der Waals surface area contributed by atoms with E-state index in [0.717, 1.165) is 6.42 Å². The second-order valence-corrected chi connectivity index (χ2v) is 8.45. The summed E-state index contributed by atoms with van der Waals surface area (Å²) in [5, 5.41) is 3.99. The summed E-state index contributed by atoms with van der Waals surface area (Å²) in [6.07, 6.45) is 9.89. The third-order valence-electron chi connectivity index (χ3n) is 4.69. The van der Waals surface area contributed by atoms with E-state index < -0.39 is 10.0 Å². The molecule has 3 rings (SSSR count). The fourth-order valence-corrected chi connectivity index (χ4v) is 5.27. The average Bonchev–Trinajstić information content (AvgIpc) is 3.10. The lowest BCUT2D eigenvalue weighted by Crippen LogP contribution is -2.41. The molecule has 3 unspecified atom stereocenters. The van der Waals surface area contributed by atoms with Crippen molar-refractivity contribution in [3.05, 3.63) is 24.5 Å². The highest BCUT2D eigenvalue weighted by atomic mass is 32.2. The van der Waals surface area contributed by atoms with Crippen molar-refractivity contribution < 1.29 is 8.42 Å². The number of nitrogens with zero attached hydrogens (tertiary/aromatic N) is 3. The number of sulfonamides is 1. The minimum atomic E-state index is -3.46. The Morgan fingerprint density at radius 1 is 1.38 bits per heavy atom. The molecule has 1 heterocycles. The molecule has 1 aromatic heterocycles. The standard InChI is InChI=1S/C15H23N3O2S/c1-11(2)18(9-14-7-12-4-5-13(14)6-12)21(19,20)15-8-16-17(3)10-15/h4-5,8,10-14H,6-7,9H2,1-3H3. The van der Waals surface area contributed by atoms with E-state index in [1.165, 1.54) is 17.3 Å². The Morgan fingerprint density at radius 3 is 2.62 bits per heavy atom. The molecule has 0 saturated heterocycles. The van der Waals surface area contributed by atoms with E-state index in [1.807, 2.05) is 13.8 Å². The fraction of sp³-hybridized carbons (Fsp3) is 0.667. The van der Waals surface area contributed by atoms with Gasteiger partial charge in [-0.1, -0.05) is 12.2 Å². The molecule has 116 valence electrons. The first-order valence-corrected chi connectivity index (χ1v) is 9.00. The normalized spacial score (nSPS) is 28.1. The van der Waals surface area contributed by atoms with Crippen LogP contribution in [0.3, 0.4) is 0 Å². The molecule has 0 aliphatic heterocycles. The van der Waals surface area contributed by atoms with E-state index in [4.69, 9.17) is 0 Å². The summed E-state index contributed by atoms with van der Waals surface area (Å²) in [6, 6.07) is -0.0432. The molecule has 1 fully saturated rings. The second-order valence-electron chi connectivity index (χ2n) is 6.56. The van der Waals surface area contributed by atoms with Gasteiger partial charge in [0.15, 0.2) is 0 Å². The van der Waals surface area contributed by atoms with E-state index in [2.05, 4.69) is 17.3 Å². The van der Waals surface area contributed by atoms with Gasteiger partial charge >= 0.3 is 0 Å². The lowest BCUT2D eigenvalue weighted by atomic mass is 9.93. The predicted molar refractivity (Wildman–Crippen MR) is 81.1 cm³/mol. The Labute approximate surface area is 126 Å². The molecule has 2 aliphatic rings. The minimum absolute atomic E-state index is 0.0432. The Kier molecular flexibility index (Phi) is 3.69. The number of aryl methyl sites for hydroxylation is 1. The fourth-order valence-electron chi connectivity index (χ4n) is 3.59. The molecule has 0 radical (unpaired) electrons. The maximum atomic E-state index is 12.8. The van der Waals surface area contributed by atoms with Crippen LogP contribution in [-0.4, -0.2) is 35.1 Å². The van der Waals surface area contributed by atoms with Gasteiger partial charge in [-0.25, -0.2) is 8.42 Å². The number of hydrogen-bond donors (Lipinski definition) is 0. The van der Waals surface area contributed by atoms with Crippen LogP contribution >= 0.6 is 0 Å². The van der Waals surface area contributed by atoms with E-state index in [0.29, 0.717) is 24.3 Å². The van der Waals surface area contributed by atoms with Gasteiger partial charge in [-0.2, -0.15) is 9.40 Å². The van der Waals surface area contributed by atoms with Crippen molar-refractivity contribution in [1.29, 1.82) is 0 Å². The first-order valence-electron chi connectivity index (χ1n) is 7.56. The van der Waals surface area contributed by atoms with Gasteiger partial charge in [0.2, 0.25) is 10.0 Å². The highest BCUT2D eigenvalue weighted by Crippen LogP contribution is 2.44. The maximum Gasteiger partial charge on any atom is 0.246 e. The van der Waals surface area contributed by atoms with Gasteiger partial charge in [0, 0.05) is 25.8 Å². The third kappa shape index (κ3) is 2.66. The molecule has 21 heavy (non-hydrogen) atoms. The van der Waals surface area contributed by atoms with E-state index in [-0.39, 0.29) is 10.9 Å². The lowest BCUT2D eigenvalue weighted by molar-refractivity contribution is 0.277. The number of aromatic nitrogens is 2. The van der Waals surface area contributed by atoms with Gasteiger partial charge in [0.25, 0.3) is 0 Å². The molecular formula is C15H23N3O2S. The van der Waals surface area contributed by atoms with Crippen molar-refractivity contribution in [3.63, 3.8) is 0 Å². The summed E-state index contributed by atoms with van der Waals surface area (Å²) in [5.74, 6) is 1.67. The summed E-state index contributed by atoms with van der Waals surface area (Å²) in [6.45, 7) is 4.49. The van der Waals surface area contributed by atoms with E-state index >= 15 is 0 Å². The van der Waals surface area contributed by atoms with E-state index in [1.54, 1.807) is 17.5 Å². The van der Waals surface area contributed by atoms with Crippen molar-refractivity contribution in [2.45, 2.75) is 37.6 Å². The number of rotatable bonds is 5. The SMILES string of the molecule is CC(C)N(CC1CC2C=CC1C2)S(=O)(=O)c1cnn(C)c1. The van der Waals surface area contributed by atoms with Crippen LogP contribution in [0.1, 0.15) is 26.7 Å². The van der Waals surface area contributed by atoms with Gasteiger partial charge in [0.05, 0.1) is 6.20 Å². The Morgan fingerprint density at radius 2 is 2.14 bits per heavy atom. The van der Waals surface area contributed by atoms with Crippen LogP contribution in [0.4, 0.5) is 0 Å². The van der Waals surface area contributed by atoms with Gasteiger partial charge in [-0.05, 0) is 44.4 Å². The van der Waals surface area contributed by atoms with Crippen LogP contribution in [0.2, 0.25) is 0 Å². The van der Waals surface area contributed by atoms with Crippen LogP contribution in [0.25, 0.3) is 0 Å². The van der Waals surface area contributed by atoms with Gasteiger partial charge < -0.3 is 0 Å². The largest absolute Gasteiger partial charge is 0.274 e. The summed E-state index contributed by atoms with van der Waals surface area (Å²) in [5.41, 5.74) is 0. The molecule has 0 amide bonds. The van der Waals surface area contributed by atoms with Crippen LogP contribution in [-0.2, 0) is 17.1 Å². The molecule has 0 spiro atoms. The molecule has 0 N–H and O–H groups in total. The monoisotopic (exact) mass is 309 g/mol. The molecule has 2 aliphatic carbocycles. The zero-order valence-electron chi connectivity index (χ0n) is 12.8. The molecule has 6 heteroatoms. The average molecular weight is 309 g/mol. The number of fused-ring (bicyclic) bond motifs is 2. The molecule has 3 atom stereocenters. The molecular weight excluding hydrogens is 286 g/mol. The highest BCUT2D eigenvalue weighted by molar-refractivity contribution is 7.89. The molecule has 1 saturated carbocycles. The van der Waals surface area contributed by atoms with Crippen molar-refractivity contribution in [2.75, 3.05) is 6.54 Å². The smallest absolute Gasteiger partial charge is 0.246 e. The summed E-state index contributed by atoms with van der Waals surface area (Å²) in [4.78, 5) is 0.289. The second kappa shape index (κ2) is 5.25. The molecule has 0 aromatic carbocycles. The number of allylic oxidation sites excluding steroid dienone is 2. The maximum absolute atomic E-state index is 12.8. The number of hydrogen-bond acceptors (Lipinski definition) is 3. The van der Waals surface area contributed by atoms with Crippen LogP contribution in [0, 0.1) is 17.8 Å². The Hall–Kier alpha value is -1.14. The highest BCUT2D eigenvalue weighted by Gasteiger charge is 2.39. The van der Waals surface area contributed by atoms with E-state index in [9.17, 15) is 8.42 Å². The first-order chi connectivity index (χ1) is 9.88. The van der Waals surface area contributed by atoms with Gasteiger partial charge in [-0.3, -0.25) is 4.68 Å². The Bertz CT molecular complexity index is 648. The predicted octanol–water partition coefficient (Wildman–Crippen LogP) is 2.03. The van der Waals surface area contributed by atoms with Gasteiger partial charge in [0.1, 0.15) is 4.90 Å². The topological polar surface area (TPSA) is 55.2 Å². The molecule has 2 bridgehead atoms. The van der Waals surface area contributed by atoms with Crippen LogP contribution in [0.15, 0.2) is 29.4 Å². The van der Waals surface area contributed by atoms with Crippen LogP contribution in [0.5, 0.6) is 0 Å². The van der Waals surface area contributed by atoms with Gasteiger partial charge in [-0.15, -0.1) is 0 Å². The zero-order chi connectivity index (χ0) is 15.2. The van der Waals surface area contributed by atoms with Crippen LogP contribution < -0.4 is 0 Å². The third-order valence-corrected chi connectivity index (χ3v) is 6.69. The summed E-state index contributed by atoms with van der Waals surface area (Å²) in [7, 11) is -1.72. The first kappa shape index (κ1) is 14.8. The zero-order valence-corrected chi connectivity index (χ0v) is 13.6. The lowest BCUT2D eigenvalue weighted by Gasteiger charge is -2.30. The van der Waals surface area contributed by atoms with Crippen molar-refractivity contribution in [1.82, 2.24) is 14.1 Å². The Balaban J connectivity index is 1.83. The summed E-state index contributed by atoms with van der Waals surface area (Å²) < 4.78 is 28.8. The van der Waals surface area contributed by atoms with Crippen molar-refractivity contribution in [3.8, 4) is 0 Å². The quantitative estimate of drug-likeness (QED) is 0.782. The van der Waals surface area contributed by atoms with Crippen molar-refractivity contribution >= 4 is 10.0 Å². The minimum Gasteiger partial charge on any atom is -0.274 e. The molecule has 5 nitrogen and oxygen atoms in total. The summed E-state index contributed by atoms with van der Waals surface area (Å²) >= 11 is 0. The molecule has 1 aromatic rings. The van der Waals surface area contributed by atoms with Crippen molar-refractivity contribution in [2.24, 2.45) is 24.8 Å².